The summed E-state index contributed by atoms with van der Waals surface area (Å²) in [5.41, 5.74) is 4.19. The molecule has 3 heterocycles. The summed E-state index contributed by atoms with van der Waals surface area (Å²) in [5, 5.41) is 2.79. The average Bonchev–Trinajstić information content (AvgIpc) is 3.33. The van der Waals surface area contributed by atoms with Crippen molar-refractivity contribution in [2.24, 2.45) is 0 Å². The number of nitrogens with one attached hydrogen (secondary N) is 1. The van der Waals surface area contributed by atoms with Crippen LogP contribution in [0.25, 0.3) is 11.3 Å². The number of aryl methyl sites for hydroxylation is 1. The summed E-state index contributed by atoms with van der Waals surface area (Å²) < 4.78 is 19.6. The van der Waals surface area contributed by atoms with E-state index in [0.29, 0.717) is 29.2 Å². The van der Waals surface area contributed by atoms with Gasteiger partial charge in [-0.2, -0.15) is 0 Å². The maximum absolute atomic E-state index is 13.8. The van der Waals surface area contributed by atoms with Gasteiger partial charge >= 0.3 is 0 Å². The Balaban J connectivity index is 1.41. The molecule has 4 rings (SSSR count). The van der Waals surface area contributed by atoms with Crippen LogP contribution in [0.15, 0.2) is 30.3 Å². The zero-order valence-corrected chi connectivity index (χ0v) is 19.1. The summed E-state index contributed by atoms with van der Waals surface area (Å²) in [5.74, 6) is -0.172. The van der Waals surface area contributed by atoms with Crippen LogP contribution in [0.3, 0.4) is 0 Å². The molecule has 170 valence electrons. The molecule has 1 amide bonds. The predicted molar refractivity (Wildman–Crippen MR) is 124 cm³/mol. The molecule has 32 heavy (non-hydrogen) atoms. The molecule has 0 unspecified atom stereocenters. The van der Waals surface area contributed by atoms with E-state index >= 15 is 0 Å². The number of likely N-dealkylation sites (N-methyl/N-ethyl adjacent to an activating group) is 2. The van der Waals surface area contributed by atoms with Crippen LogP contribution >= 0.6 is 0 Å². The molecule has 2 aliphatic heterocycles. The third-order valence-corrected chi connectivity index (χ3v) is 6.25. The number of hydrogen-bond donors (Lipinski definition) is 1. The highest BCUT2D eigenvalue weighted by atomic mass is 19.1. The number of ether oxygens (including phenoxy) is 1. The van der Waals surface area contributed by atoms with Gasteiger partial charge in [-0.3, -0.25) is 9.78 Å². The number of halogens is 1. The lowest BCUT2D eigenvalue weighted by Crippen LogP contribution is -2.33. The number of hydrogen-bond acceptors (Lipinski definition) is 5. The Labute approximate surface area is 189 Å². The minimum Gasteiger partial charge on any atom is -0.486 e. The monoisotopic (exact) mass is 438 g/mol. The molecule has 1 N–H and O–H groups in total. The van der Waals surface area contributed by atoms with Crippen molar-refractivity contribution in [3.8, 4) is 0 Å². The van der Waals surface area contributed by atoms with Crippen molar-refractivity contribution in [1.29, 1.82) is 0 Å². The Hall–Kier alpha value is -2.77. The first-order valence-electron chi connectivity index (χ1n) is 11.4. The molecular formula is C25H31FN4O2. The van der Waals surface area contributed by atoms with Gasteiger partial charge in [0, 0.05) is 35.6 Å². The van der Waals surface area contributed by atoms with E-state index in [9.17, 15) is 9.18 Å². The molecule has 0 saturated heterocycles. The Bertz CT molecular complexity index is 1030. The number of carbonyl (C=O) groups is 1. The maximum Gasteiger partial charge on any atom is 0.260 e. The molecule has 2 aliphatic rings. The van der Waals surface area contributed by atoms with Gasteiger partial charge in [-0.05, 0) is 69.9 Å². The minimum absolute atomic E-state index is 0.273. The number of rotatable bonds is 9. The Morgan fingerprint density at radius 3 is 2.69 bits per heavy atom. The van der Waals surface area contributed by atoms with Gasteiger partial charge in [-0.25, -0.2) is 4.39 Å². The molecule has 0 fully saturated rings. The summed E-state index contributed by atoms with van der Waals surface area (Å²) >= 11 is 0. The van der Waals surface area contributed by atoms with E-state index in [1.165, 1.54) is 12.1 Å². The largest absolute Gasteiger partial charge is 0.486 e. The summed E-state index contributed by atoms with van der Waals surface area (Å²) in [6, 6.07) is 8.26. The molecule has 0 bridgehead atoms. The lowest BCUT2D eigenvalue weighted by Gasteiger charge is -2.22. The van der Waals surface area contributed by atoms with Gasteiger partial charge in [0.1, 0.15) is 18.2 Å². The summed E-state index contributed by atoms with van der Waals surface area (Å²) in [7, 11) is 2.17. The van der Waals surface area contributed by atoms with Crippen LogP contribution in [0.4, 0.5) is 10.1 Å². The van der Waals surface area contributed by atoms with Crippen LogP contribution in [-0.2, 0) is 22.6 Å². The number of anilines is 1. The number of pyridine rings is 1. The quantitative estimate of drug-likeness (QED) is 0.604. The Kier molecular flexibility index (Phi) is 6.86. The van der Waals surface area contributed by atoms with E-state index in [2.05, 4.69) is 36.0 Å². The van der Waals surface area contributed by atoms with Gasteiger partial charge in [-0.1, -0.05) is 13.8 Å². The van der Waals surface area contributed by atoms with Crippen molar-refractivity contribution in [1.82, 2.24) is 14.8 Å². The Morgan fingerprint density at radius 1 is 1.09 bits per heavy atom. The number of nitrogens with zero attached hydrogens (tertiary/aromatic N) is 3. The third-order valence-electron chi connectivity index (χ3n) is 6.25. The number of fused-ring (bicyclic) bond motifs is 2. The van der Waals surface area contributed by atoms with Crippen molar-refractivity contribution < 1.29 is 13.9 Å². The predicted octanol–water partition coefficient (Wildman–Crippen LogP) is 3.78. The highest BCUT2D eigenvalue weighted by Gasteiger charge is 2.33. The fourth-order valence-corrected chi connectivity index (χ4v) is 4.29. The summed E-state index contributed by atoms with van der Waals surface area (Å²) in [6.45, 7) is 10.1. The van der Waals surface area contributed by atoms with E-state index in [0.717, 1.165) is 62.5 Å². The second-order valence-corrected chi connectivity index (χ2v) is 8.37. The first-order chi connectivity index (χ1) is 15.5. The van der Waals surface area contributed by atoms with E-state index in [-0.39, 0.29) is 11.7 Å². The number of aromatic nitrogens is 1. The molecule has 6 nitrogen and oxygen atoms in total. The first kappa shape index (κ1) is 22.4. The molecule has 0 radical (unpaired) electrons. The van der Waals surface area contributed by atoms with Crippen molar-refractivity contribution >= 4 is 22.9 Å². The van der Waals surface area contributed by atoms with Crippen LogP contribution < -0.4 is 5.32 Å². The molecule has 1 aromatic heterocycles. The zero-order valence-electron chi connectivity index (χ0n) is 19.1. The fourth-order valence-electron chi connectivity index (χ4n) is 4.29. The molecule has 1 aromatic carbocycles. The smallest absolute Gasteiger partial charge is 0.260 e. The highest BCUT2D eigenvalue weighted by molar-refractivity contribution is 6.36. The van der Waals surface area contributed by atoms with Crippen LogP contribution in [0.5, 0.6) is 0 Å². The standard InChI is InChI=1S/C25H31FN4O2/c1-4-30(5-2)14-13-29(3)12-6-7-18-9-10-19-22(27-18)16-32-24(19)23-20-15-17(26)8-11-21(20)28-25(23)31/h8-11,15H,4-7,12-14,16H2,1-3H3,(H,28,31)/b24-23-. The Morgan fingerprint density at radius 2 is 1.91 bits per heavy atom. The van der Waals surface area contributed by atoms with Gasteiger partial charge in [0.05, 0.1) is 11.3 Å². The molecular weight excluding hydrogens is 407 g/mol. The van der Waals surface area contributed by atoms with Crippen LogP contribution in [0.2, 0.25) is 0 Å². The molecule has 0 atom stereocenters. The number of amides is 1. The van der Waals surface area contributed by atoms with E-state index in [4.69, 9.17) is 9.72 Å². The molecule has 2 aromatic rings. The van der Waals surface area contributed by atoms with Crippen LogP contribution in [0, 0.1) is 5.82 Å². The second-order valence-electron chi connectivity index (χ2n) is 8.37. The topological polar surface area (TPSA) is 57.7 Å². The van der Waals surface area contributed by atoms with E-state index < -0.39 is 0 Å². The van der Waals surface area contributed by atoms with Crippen molar-refractivity contribution in [3.05, 3.63) is 58.7 Å². The lowest BCUT2D eigenvalue weighted by atomic mass is 10.0. The lowest BCUT2D eigenvalue weighted by molar-refractivity contribution is -0.110. The van der Waals surface area contributed by atoms with Crippen molar-refractivity contribution in [2.75, 3.05) is 45.1 Å². The van der Waals surface area contributed by atoms with Gasteiger partial charge in [-0.15, -0.1) is 0 Å². The third kappa shape index (κ3) is 4.69. The van der Waals surface area contributed by atoms with Crippen molar-refractivity contribution in [2.45, 2.75) is 33.3 Å². The highest BCUT2D eigenvalue weighted by Crippen LogP contribution is 2.41. The number of carbonyl (C=O) groups excluding carboxylic acids is 1. The van der Waals surface area contributed by atoms with Crippen LogP contribution in [-0.4, -0.2) is 60.5 Å². The second kappa shape index (κ2) is 9.79. The normalized spacial score (nSPS) is 17.0. The molecule has 7 heteroatoms. The zero-order chi connectivity index (χ0) is 22.7. The molecule has 0 saturated carbocycles. The first-order valence-corrected chi connectivity index (χ1v) is 11.4. The fraction of sp³-hybridized carbons (Fsp3) is 0.440. The maximum atomic E-state index is 13.8. The van der Waals surface area contributed by atoms with Crippen molar-refractivity contribution in [3.63, 3.8) is 0 Å². The minimum atomic E-state index is -0.382. The average molecular weight is 439 g/mol. The SMILES string of the molecule is CCN(CC)CCN(C)CCCc1ccc2c(n1)CO/C2=C1\C(=O)Nc2ccc(F)cc21. The van der Waals surface area contributed by atoms with E-state index in [1.54, 1.807) is 6.07 Å². The van der Waals surface area contributed by atoms with Gasteiger partial charge in [0.25, 0.3) is 5.91 Å². The van der Waals surface area contributed by atoms with Gasteiger partial charge < -0.3 is 19.9 Å². The summed E-state index contributed by atoms with van der Waals surface area (Å²) in [4.78, 5) is 22.1. The van der Waals surface area contributed by atoms with Gasteiger partial charge in [0.2, 0.25) is 0 Å². The molecule has 0 spiro atoms. The summed E-state index contributed by atoms with van der Waals surface area (Å²) in [6.07, 6.45) is 1.92. The number of benzene rings is 1. The van der Waals surface area contributed by atoms with E-state index in [1.807, 2.05) is 12.1 Å². The van der Waals surface area contributed by atoms with Crippen LogP contribution in [0.1, 0.15) is 42.8 Å². The van der Waals surface area contributed by atoms with Gasteiger partial charge in [0.15, 0.2) is 0 Å². The molecule has 0 aliphatic carbocycles.